The van der Waals surface area contributed by atoms with Crippen molar-refractivity contribution < 1.29 is 9.59 Å². The van der Waals surface area contributed by atoms with E-state index in [0.29, 0.717) is 26.1 Å². The van der Waals surface area contributed by atoms with Crippen LogP contribution in [-0.2, 0) is 23.1 Å². The van der Waals surface area contributed by atoms with Gasteiger partial charge in [-0.3, -0.25) is 14.3 Å². The van der Waals surface area contributed by atoms with Crippen molar-refractivity contribution in [2.24, 2.45) is 12.8 Å². The van der Waals surface area contributed by atoms with Crippen molar-refractivity contribution in [2.45, 2.75) is 6.42 Å². The third-order valence-electron chi connectivity index (χ3n) is 2.07. The lowest BCUT2D eigenvalue weighted by Gasteiger charge is -2.04. The second-order valence-corrected chi connectivity index (χ2v) is 3.53. The maximum absolute atomic E-state index is 11.3. The Kier molecular flexibility index (Phi) is 5.15. The van der Waals surface area contributed by atoms with Gasteiger partial charge in [-0.15, -0.1) is 0 Å². The number of amides is 2. The minimum atomic E-state index is -0.656. The van der Waals surface area contributed by atoms with Gasteiger partial charge in [0.2, 0.25) is 0 Å². The first kappa shape index (κ1) is 13.2. The molecule has 2 amide bonds. The van der Waals surface area contributed by atoms with E-state index < -0.39 is 11.8 Å². The average molecular weight is 239 g/mol. The van der Waals surface area contributed by atoms with Gasteiger partial charge in [-0.1, -0.05) is 0 Å². The zero-order chi connectivity index (χ0) is 12.7. The summed E-state index contributed by atoms with van der Waals surface area (Å²) >= 11 is 0. The lowest BCUT2D eigenvalue weighted by molar-refractivity contribution is -0.139. The largest absolute Gasteiger partial charge is 0.347 e. The number of hydrogen-bond acceptors (Lipinski definition) is 4. The van der Waals surface area contributed by atoms with Gasteiger partial charge >= 0.3 is 11.8 Å². The van der Waals surface area contributed by atoms with E-state index in [2.05, 4.69) is 15.7 Å². The Hall–Kier alpha value is -1.89. The number of nitrogens with two attached hydrogens (primary N) is 1. The molecule has 0 fully saturated rings. The molecule has 7 heteroatoms. The van der Waals surface area contributed by atoms with E-state index in [0.717, 1.165) is 5.69 Å². The van der Waals surface area contributed by atoms with Gasteiger partial charge < -0.3 is 16.4 Å². The van der Waals surface area contributed by atoms with E-state index in [9.17, 15) is 9.59 Å². The molecule has 7 nitrogen and oxygen atoms in total. The van der Waals surface area contributed by atoms with Gasteiger partial charge in [0.1, 0.15) is 0 Å². The maximum Gasteiger partial charge on any atom is 0.309 e. The topological polar surface area (TPSA) is 102 Å². The fraction of sp³-hybridized carbons (Fsp3) is 0.500. The van der Waals surface area contributed by atoms with E-state index >= 15 is 0 Å². The molecule has 0 spiro atoms. The summed E-state index contributed by atoms with van der Waals surface area (Å²) in [6, 6.07) is 1.86. The monoisotopic (exact) mass is 239 g/mol. The first-order chi connectivity index (χ1) is 8.13. The number of aromatic nitrogens is 2. The molecule has 0 unspecified atom stereocenters. The standard InChI is InChI=1S/C10H17N5O2/c1-15-7-3-8(14-15)2-5-12-9(16)10(17)13-6-4-11/h3,7H,2,4-6,11H2,1H3,(H,12,16)(H,13,17). The number of aryl methyl sites for hydroxylation is 1. The number of hydrogen-bond donors (Lipinski definition) is 3. The summed E-state index contributed by atoms with van der Waals surface area (Å²) in [4.78, 5) is 22.4. The number of carbonyl (C=O) groups is 2. The highest BCUT2D eigenvalue weighted by Gasteiger charge is 2.11. The van der Waals surface area contributed by atoms with Gasteiger partial charge in [0.05, 0.1) is 5.69 Å². The van der Waals surface area contributed by atoms with Gasteiger partial charge in [0.25, 0.3) is 0 Å². The summed E-state index contributed by atoms with van der Waals surface area (Å²) in [5.41, 5.74) is 6.07. The fourth-order valence-electron chi connectivity index (χ4n) is 1.25. The molecule has 0 radical (unpaired) electrons. The molecule has 0 saturated heterocycles. The van der Waals surface area contributed by atoms with Crippen molar-refractivity contribution in [3.63, 3.8) is 0 Å². The van der Waals surface area contributed by atoms with Crippen LogP contribution in [0.1, 0.15) is 5.69 Å². The first-order valence-electron chi connectivity index (χ1n) is 5.38. The molecule has 0 saturated carbocycles. The minimum absolute atomic E-state index is 0.298. The quantitative estimate of drug-likeness (QED) is 0.525. The second kappa shape index (κ2) is 6.64. The van der Waals surface area contributed by atoms with Crippen molar-refractivity contribution in [2.75, 3.05) is 19.6 Å². The van der Waals surface area contributed by atoms with E-state index in [4.69, 9.17) is 5.73 Å². The Labute approximate surface area is 99.4 Å². The second-order valence-electron chi connectivity index (χ2n) is 3.53. The molecule has 1 aromatic rings. The molecule has 1 heterocycles. The van der Waals surface area contributed by atoms with Crippen LogP contribution >= 0.6 is 0 Å². The van der Waals surface area contributed by atoms with E-state index in [1.54, 1.807) is 4.68 Å². The Bertz CT molecular complexity index is 388. The first-order valence-corrected chi connectivity index (χ1v) is 5.38. The molecule has 4 N–H and O–H groups in total. The van der Waals surface area contributed by atoms with Crippen LogP contribution in [0.3, 0.4) is 0 Å². The number of nitrogens with zero attached hydrogens (tertiary/aromatic N) is 2. The van der Waals surface area contributed by atoms with Crippen LogP contribution in [0.2, 0.25) is 0 Å². The average Bonchev–Trinajstić information content (AvgIpc) is 2.71. The Morgan fingerprint density at radius 3 is 2.53 bits per heavy atom. The highest BCUT2D eigenvalue weighted by atomic mass is 16.2. The molecule has 1 aromatic heterocycles. The van der Waals surface area contributed by atoms with Crippen LogP contribution in [0.25, 0.3) is 0 Å². The zero-order valence-corrected chi connectivity index (χ0v) is 9.77. The van der Waals surface area contributed by atoms with Crippen molar-refractivity contribution in [3.05, 3.63) is 18.0 Å². The summed E-state index contributed by atoms with van der Waals surface area (Å²) in [5.74, 6) is -1.30. The van der Waals surface area contributed by atoms with Gasteiger partial charge in [0.15, 0.2) is 0 Å². The van der Waals surface area contributed by atoms with Crippen molar-refractivity contribution in [1.29, 1.82) is 0 Å². The van der Waals surface area contributed by atoms with Crippen LogP contribution < -0.4 is 16.4 Å². The molecule has 0 aliphatic heterocycles. The van der Waals surface area contributed by atoms with E-state index in [1.807, 2.05) is 19.3 Å². The third-order valence-corrected chi connectivity index (χ3v) is 2.07. The summed E-state index contributed by atoms with van der Waals surface area (Å²) in [5, 5.41) is 9.05. The summed E-state index contributed by atoms with van der Waals surface area (Å²) < 4.78 is 1.69. The fourth-order valence-corrected chi connectivity index (χ4v) is 1.25. The molecule has 0 bridgehead atoms. The van der Waals surface area contributed by atoms with Gasteiger partial charge in [-0.2, -0.15) is 5.10 Å². The molecule has 0 atom stereocenters. The predicted octanol–water partition coefficient (Wildman–Crippen LogP) is -1.85. The molecular formula is C10H17N5O2. The van der Waals surface area contributed by atoms with Crippen molar-refractivity contribution >= 4 is 11.8 Å². The highest BCUT2D eigenvalue weighted by molar-refractivity contribution is 6.35. The zero-order valence-electron chi connectivity index (χ0n) is 9.77. The number of rotatable bonds is 5. The minimum Gasteiger partial charge on any atom is -0.347 e. The molecule has 0 aromatic carbocycles. The summed E-state index contributed by atoms with van der Waals surface area (Å²) in [6.07, 6.45) is 2.42. The molecule has 0 aliphatic rings. The van der Waals surface area contributed by atoms with Crippen LogP contribution in [0.5, 0.6) is 0 Å². The molecule has 0 aliphatic carbocycles. The van der Waals surface area contributed by atoms with Gasteiger partial charge in [-0.25, -0.2) is 0 Å². The smallest absolute Gasteiger partial charge is 0.309 e. The van der Waals surface area contributed by atoms with E-state index in [1.165, 1.54) is 0 Å². The number of nitrogens with one attached hydrogen (secondary N) is 2. The van der Waals surface area contributed by atoms with Crippen molar-refractivity contribution in [3.8, 4) is 0 Å². The van der Waals surface area contributed by atoms with Gasteiger partial charge in [-0.05, 0) is 6.07 Å². The maximum atomic E-state index is 11.3. The molecule has 17 heavy (non-hydrogen) atoms. The van der Waals surface area contributed by atoms with Gasteiger partial charge in [0, 0.05) is 39.3 Å². The van der Waals surface area contributed by atoms with Crippen LogP contribution in [0.15, 0.2) is 12.3 Å². The van der Waals surface area contributed by atoms with E-state index in [-0.39, 0.29) is 0 Å². The molecule has 94 valence electrons. The molecule has 1 rings (SSSR count). The van der Waals surface area contributed by atoms with Crippen LogP contribution in [-0.4, -0.2) is 41.2 Å². The van der Waals surface area contributed by atoms with Crippen molar-refractivity contribution in [1.82, 2.24) is 20.4 Å². The highest BCUT2D eigenvalue weighted by Crippen LogP contribution is 1.93. The van der Waals surface area contributed by atoms with Crippen LogP contribution in [0.4, 0.5) is 0 Å². The lowest BCUT2D eigenvalue weighted by atomic mass is 10.3. The Morgan fingerprint density at radius 2 is 2.00 bits per heavy atom. The van der Waals surface area contributed by atoms with Crippen LogP contribution in [0, 0.1) is 0 Å². The Morgan fingerprint density at radius 1 is 1.35 bits per heavy atom. The Balaban J connectivity index is 2.22. The SMILES string of the molecule is Cn1ccc(CCNC(=O)C(=O)NCCN)n1. The third kappa shape index (κ3) is 4.64. The predicted molar refractivity (Wildman–Crippen MR) is 62.0 cm³/mol. The molecular weight excluding hydrogens is 222 g/mol. The lowest BCUT2D eigenvalue weighted by Crippen LogP contribution is -2.42. The normalized spacial score (nSPS) is 10.0. The number of carbonyl (C=O) groups excluding carboxylic acids is 2. The summed E-state index contributed by atoms with van der Waals surface area (Å²) in [6.45, 7) is 0.991. The summed E-state index contributed by atoms with van der Waals surface area (Å²) in [7, 11) is 1.82.